The highest BCUT2D eigenvalue weighted by Gasteiger charge is 2.31. The molecule has 0 radical (unpaired) electrons. The molecule has 1 aliphatic heterocycles. The largest absolute Gasteiger partial charge is 0.481 e. The molecule has 1 unspecified atom stereocenters. The monoisotopic (exact) mass is 300 g/mol. The number of thiazole rings is 1. The summed E-state index contributed by atoms with van der Waals surface area (Å²) in [6.45, 7) is 1.52. The third kappa shape index (κ3) is 2.53. The molecule has 2 aliphatic rings. The summed E-state index contributed by atoms with van der Waals surface area (Å²) in [5.41, 5.74) is 0.769. The molecule has 1 atom stereocenters. The van der Waals surface area contributed by atoms with Crippen molar-refractivity contribution >= 4 is 33.2 Å². The highest BCUT2D eigenvalue weighted by atomic mass is 32.2. The maximum atomic E-state index is 11.4. The van der Waals surface area contributed by atoms with Crippen LogP contribution in [-0.4, -0.2) is 44.9 Å². The average Bonchev–Trinajstić information content (AvgIpc) is 2.82. The molecule has 5 nitrogen and oxygen atoms in total. The number of hydrogen-bond acceptors (Lipinski definition) is 5. The molecule has 1 aromatic rings. The van der Waals surface area contributed by atoms with Gasteiger partial charge in [-0.3, -0.25) is 9.00 Å². The van der Waals surface area contributed by atoms with E-state index in [1.807, 2.05) is 0 Å². The van der Waals surface area contributed by atoms with Gasteiger partial charge in [0.05, 0.1) is 5.69 Å². The van der Waals surface area contributed by atoms with Gasteiger partial charge >= 0.3 is 5.97 Å². The smallest absolute Gasteiger partial charge is 0.312 e. The molecule has 0 bridgehead atoms. The summed E-state index contributed by atoms with van der Waals surface area (Å²) < 4.78 is 11.4. The number of carbonyl (C=O) groups is 1. The van der Waals surface area contributed by atoms with Crippen LogP contribution in [0.5, 0.6) is 0 Å². The summed E-state index contributed by atoms with van der Waals surface area (Å²) in [6.07, 6.45) is 2.56. The first-order chi connectivity index (χ1) is 9.15. The van der Waals surface area contributed by atoms with E-state index in [9.17, 15) is 14.1 Å². The van der Waals surface area contributed by atoms with E-state index < -0.39 is 22.7 Å². The molecular formula is C12H16N2O3S2. The van der Waals surface area contributed by atoms with Gasteiger partial charge in [-0.25, -0.2) is 4.98 Å². The molecule has 104 valence electrons. The molecule has 0 aromatic carbocycles. The molecule has 1 N–H and O–H groups in total. The summed E-state index contributed by atoms with van der Waals surface area (Å²) in [7, 11) is -0.698. The number of nitrogens with zero attached hydrogens (tertiary/aromatic N) is 2. The van der Waals surface area contributed by atoms with E-state index in [0.29, 0.717) is 17.9 Å². The predicted molar refractivity (Wildman–Crippen MR) is 75.5 cm³/mol. The van der Waals surface area contributed by atoms with Crippen LogP contribution >= 0.6 is 11.3 Å². The number of fused-ring (bicyclic) bond motifs is 1. The number of carboxylic acid groups (broad SMARTS) is 1. The Morgan fingerprint density at radius 3 is 2.84 bits per heavy atom. The Labute approximate surface area is 118 Å². The SMILES string of the molecule is O=C(O)C1CCCc2sc(N3CCS(=O)CC3)nc21. The molecule has 1 aliphatic carbocycles. The molecule has 3 rings (SSSR count). The number of carboxylic acids is 1. The summed E-state index contributed by atoms with van der Waals surface area (Å²) in [5.74, 6) is 0.171. The van der Waals surface area contributed by atoms with E-state index in [2.05, 4.69) is 9.88 Å². The van der Waals surface area contributed by atoms with E-state index in [4.69, 9.17) is 0 Å². The van der Waals surface area contributed by atoms with Crippen molar-refractivity contribution < 1.29 is 14.1 Å². The second-order valence-corrected chi connectivity index (χ2v) is 7.68. The molecular weight excluding hydrogens is 284 g/mol. The minimum absolute atomic E-state index is 0.437. The van der Waals surface area contributed by atoms with Crippen LogP contribution in [-0.2, 0) is 22.0 Å². The van der Waals surface area contributed by atoms with E-state index >= 15 is 0 Å². The van der Waals surface area contributed by atoms with Crippen LogP contribution in [0.3, 0.4) is 0 Å². The molecule has 0 amide bonds. The van der Waals surface area contributed by atoms with Crippen molar-refractivity contribution in [1.82, 2.24) is 4.98 Å². The highest BCUT2D eigenvalue weighted by Crippen LogP contribution is 2.38. The van der Waals surface area contributed by atoms with Crippen molar-refractivity contribution in [3.05, 3.63) is 10.6 Å². The fourth-order valence-electron chi connectivity index (χ4n) is 2.61. The van der Waals surface area contributed by atoms with Gasteiger partial charge in [-0.1, -0.05) is 0 Å². The van der Waals surface area contributed by atoms with Crippen molar-refractivity contribution in [2.45, 2.75) is 25.2 Å². The van der Waals surface area contributed by atoms with Gasteiger partial charge in [-0.05, 0) is 19.3 Å². The Morgan fingerprint density at radius 1 is 1.42 bits per heavy atom. The number of aryl methyl sites for hydroxylation is 1. The zero-order chi connectivity index (χ0) is 13.4. The molecule has 1 aromatic heterocycles. The second-order valence-electron chi connectivity index (χ2n) is 4.92. The minimum atomic E-state index is -0.766. The van der Waals surface area contributed by atoms with Crippen molar-refractivity contribution in [3.8, 4) is 0 Å². The zero-order valence-electron chi connectivity index (χ0n) is 10.5. The number of rotatable bonds is 2. The molecule has 0 saturated carbocycles. The van der Waals surface area contributed by atoms with Crippen molar-refractivity contribution in [1.29, 1.82) is 0 Å². The average molecular weight is 300 g/mol. The van der Waals surface area contributed by atoms with Crippen LogP contribution in [0.2, 0.25) is 0 Å². The maximum absolute atomic E-state index is 11.4. The lowest BCUT2D eigenvalue weighted by Gasteiger charge is -2.25. The minimum Gasteiger partial charge on any atom is -0.481 e. The molecule has 7 heteroatoms. The number of aromatic nitrogens is 1. The second kappa shape index (κ2) is 5.20. The fraction of sp³-hybridized carbons (Fsp3) is 0.667. The van der Waals surface area contributed by atoms with Crippen molar-refractivity contribution in [3.63, 3.8) is 0 Å². The van der Waals surface area contributed by atoms with Crippen molar-refractivity contribution in [2.24, 2.45) is 0 Å². The number of aliphatic carboxylic acids is 1. The van der Waals surface area contributed by atoms with Gasteiger partial charge in [0.25, 0.3) is 0 Å². The van der Waals surface area contributed by atoms with Crippen LogP contribution in [0.25, 0.3) is 0 Å². The predicted octanol–water partition coefficient (Wildman–Crippen LogP) is 1.22. The first kappa shape index (κ1) is 13.1. The third-order valence-electron chi connectivity index (χ3n) is 3.69. The van der Waals surface area contributed by atoms with Crippen molar-refractivity contribution in [2.75, 3.05) is 29.5 Å². The van der Waals surface area contributed by atoms with Gasteiger partial charge in [0.2, 0.25) is 0 Å². The van der Waals surface area contributed by atoms with E-state index in [0.717, 1.165) is 41.6 Å². The van der Waals surface area contributed by atoms with Crippen LogP contribution < -0.4 is 4.90 Å². The Kier molecular flexibility index (Phi) is 3.58. The first-order valence-corrected chi connectivity index (χ1v) is 8.78. The van der Waals surface area contributed by atoms with Gasteiger partial charge in [0, 0.05) is 40.3 Å². The first-order valence-electron chi connectivity index (χ1n) is 6.47. The fourth-order valence-corrected chi connectivity index (χ4v) is 4.88. The molecule has 1 fully saturated rings. The summed E-state index contributed by atoms with van der Waals surface area (Å²) >= 11 is 1.62. The normalized spacial score (nSPS) is 24.2. The topological polar surface area (TPSA) is 70.5 Å². The third-order valence-corrected chi connectivity index (χ3v) is 6.16. The van der Waals surface area contributed by atoms with Crippen LogP contribution in [0.1, 0.15) is 29.3 Å². The zero-order valence-corrected chi connectivity index (χ0v) is 12.1. The standard InChI is InChI=1S/C12H16N2O3S2/c15-11(16)8-2-1-3-9-10(8)13-12(18-9)14-4-6-19(17)7-5-14/h8H,1-7H2,(H,15,16). The molecule has 1 saturated heterocycles. The van der Waals surface area contributed by atoms with Gasteiger partial charge in [-0.15, -0.1) is 11.3 Å². The van der Waals surface area contributed by atoms with Crippen LogP contribution in [0.4, 0.5) is 5.13 Å². The van der Waals surface area contributed by atoms with Crippen LogP contribution in [0, 0.1) is 0 Å². The highest BCUT2D eigenvalue weighted by molar-refractivity contribution is 7.85. The Hall–Kier alpha value is -0.950. The molecule has 0 spiro atoms. The van der Waals surface area contributed by atoms with Gasteiger partial charge in [-0.2, -0.15) is 0 Å². The van der Waals surface area contributed by atoms with Gasteiger partial charge in [0.15, 0.2) is 5.13 Å². The maximum Gasteiger partial charge on any atom is 0.312 e. The van der Waals surface area contributed by atoms with Gasteiger partial charge in [0.1, 0.15) is 5.92 Å². The number of hydrogen-bond donors (Lipinski definition) is 1. The Bertz CT molecular complexity index is 519. The Morgan fingerprint density at radius 2 is 2.16 bits per heavy atom. The number of anilines is 1. The summed E-state index contributed by atoms with van der Waals surface area (Å²) in [6, 6.07) is 0. The lowest BCUT2D eigenvalue weighted by molar-refractivity contribution is -0.139. The Balaban J connectivity index is 1.85. The van der Waals surface area contributed by atoms with Crippen LogP contribution in [0.15, 0.2) is 0 Å². The molecule has 2 heterocycles. The van der Waals surface area contributed by atoms with Gasteiger partial charge < -0.3 is 10.0 Å². The lowest BCUT2D eigenvalue weighted by atomic mass is 9.91. The van der Waals surface area contributed by atoms with E-state index in [1.165, 1.54) is 0 Å². The quantitative estimate of drug-likeness (QED) is 0.889. The summed E-state index contributed by atoms with van der Waals surface area (Å²) in [4.78, 5) is 19.1. The van der Waals surface area contributed by atoms with E-state index in [-0.39, 0.29) is 0 Å². The lowest BCUT2D eigenvalue weighted by Crippen LogP contribution is -2.37. The summed E-state index contributed by atoms with van der Waals surface area (Å²) in [5, 5.41) is 10.2. The molecule has 19 heavy (non-hydrogen) atoms. The van der Waals surface area contributed by atoms with E-state index in [1.54, 1.807) is 11.3 Å².